The van der Waals surface area contributed by atoms with E-state index in [1.165, 1.54) is 24.2 Å². The van der Waals surface area contributed by atoms with Crippen LogP contribution < -0.4 is 11.1 Å². The lowest BCUT2D eigenvalue weighted by molar-refractivity contribution is -0.117. The molecule has 1 heterocycles. The first-order valence-corrected chi connectivity index (χ1v) is 7.19. The number of rotatable bonds is 4. The van der Waals surface area contributed by atoms with Crippen molar-refractivity contribution in [3.05, 3.63) is 47.0 Å². The lowest BCUT2D eigenvalue weighted by atomic mass is 10.1. The van der Waals surface area contributed by atoms with Crippen LogP contribution in [0.4, 0.5) is 5.13 Å². The third kappa shape index (κ3) is 2.83. The van der Waals surface area contributed by atoms with Crippen LogP contribution in [0.1, 0.15) is 36.1 Å². The Labute approximate surface area is 115 Å². The number of carbonyl (C=O) groups is 1. The SMILES string of the molecule is N[C@H](C(=O)Nc1nc(C2CC2)cs1)c1ccccc1. The Morgan fingerprint density at radius 2 is 2.11 bits per heavy atom. The number of benzene rings is 1. The fourth-order valence-corrected chi connectivity index (χ4v) is 2.70. The summed E-state index contributed by atoms with van der Waals surface area (Å²) >= 11 is 1.46. The second-order valence-corrected chi connectivity index (χ2v) is 5.59. The third-order valence-corrected chi connectivity index (χ3v) is 3.96. The van der Waals surface area contributed by atoms with Crippen molar-refractivity contribution in [3.8, 4) is 0 Å². The average molecular weight is 273 g/mol. The maximum absolute atomic E-state index is 12.0. The van der Waals surface area contributed by atoms with E-state index in [2.05, 4.69) is 10.3 Å². The Kier molecular flexibility index (Phi) is 3.31. The van der Waals surface area contributed by atoms with Crippen LogP contribution in [0, 0.1) is 0 Å². The molecular weight excluding hydrogens is 258 g/mol. The van der Waals surface area contributed by atoms with Gasteiger partial charge in [-0.05, 0) is 18.4 Å². The van der Waals surface area contributed by atoms with Crippen LogP contribution >= 0.6 is 11.3 Å². The van der Waals surface area contributed by atoms with Gasteiger partial charge in [0.05, 0.1) is 5.69 Å². The molecule has 3 rings (SSSR count). The highest BCUT2D eigenvalue weighted by Gasteiger charge is 2.26. The molecule has 1 aromatic heterocycles. The van der Waals surface area contributed by atoms with Gasteiger partial charge in [0.1, 0.15) is 6.04 Å². The molecule has 1 amide bonds. The molecule has 1 atom stereocenters. The first-order chi connectivity index (χ1) is 9.24. The minimum absolute atomic E-state index is 0.220. The third-order valence-electron chi connectivity index (χ3n) is 3.19. The van der Waals surface area contributed by atoms with Crippen molar-refractivity contribution >= 4 is 22.4 Å². The summed E-state index contributed by atoms with van der Waals surface area (Å²) < 4.78 is 0. The lowest BCUT2D eigenvalue weighted by Crippen LogP contribution is -2.27. The molecule has 2 aromatic rings. The van der Waals surface area contributed by atoms with Gasteiger partial charge in [0.25, 0.3) is 0 Å². The maximum Gasteiger partial charge on any atom is 0.247 e. The first kappa shape index (κ1) is 12.3. The van der Waals surface area contributed by atoms with Gasteiger partial charge < -0.3 is 11.1 Å². The smallest absolute Gasteiger partial charge is 0.247 e. The van der Waals surface area contributed by atoms with Gasteiger partial charge in [-0.15, -0.1) is 11.3 Å². The standard InChI is InChI=1S/C14H15N3OS/c15-12(10-4-2-1-3-5-10)13(18)17-14-16-11(8-19-14)9-6-7-9/h1-5,8-9,12H,6-7,15H2,(H,16,17,18)/t12-/m0/s1. The highest BCUT2D eigenvalue weighted by atomic mass is 32.1. The van der Waals surface area contributed by atoms with E-state index in [1.807, 2.05) is 35.7 Å². The number of carbonyl (C=O) groups excluding carboxylic acids is 1. The molecule has 4 nitrogen and oxygen atoms in total. The van der Waals surface area contributed by atoms with E-state index in [1.54, 1.807) is 0 Å². The van der Waals surface area contributed by atoms with Crippen molar-refractivity contribution in [3.63, 3.8) is 0 Å². The summed E-state index contributed by atoms with van der Waals surface area (Å²) in [5, 5.41) is 5.44. The molecule has 19 heavy (non-hydrogen) atoms. The lowest BCUT2D eigenvalue weighted by Gasteiger charge is -2.10. The molecule has 1 aromatic carbocycles. The zero-order valence-electron chi connectivity index (χ0n) is 10.4. The number of hydrogen-bond acceptors (Lipinski definition) is 4. The molecule has 0 radical (unpaired) electrons. The zero-order chi connectivity index (χ0) is 13.2. The number of nitrogens with zero attached hydrogens (tertiary/aromatic N) is 1. The number of anilines is 1. The molecule has 0 unspecified atom stereocenters. The van der Waals surface area contributed by atoms with Crippen LogP contribution in [0.3, 0.4) is 0 Å². The largest absolute Gasteiger partial charge is 0.316 e. The van der Waals surface area contributed by atoms with Crippen molar-refractivity contribution in [2.24, 2.45) is 5.73 Å². The van der Waals surface area contributed by atoms with Crippen LogP contribution in [0.25, 0.3) is 0 Å². The normalized spacial score (nSPS) is 16.1. The van der Waals surface area contributed by atoms with Crippen molar-refractivity contribution in [1.82, 2.24) is 4.98 Å². The Morgan fingerprint density at radius 3 is 2.79 bits per heavy atom. The van der Waals surface area contributed by atoms with Crippen molar-refractivity contribution in [1.29, 1.82) is 0 Å². The quantitative estimate of drug-likeness (QED) is 0.900. The molecule has 1 saturated carbocycles. The zero-order valence-corrected chi connectivity index (χ0v) is 11.2. The van der Waals surface area contributed by atoms with E-state index in [-0.39, 0.29) is 5.91 Å². The monoisotopic (exact) mass is 273 g/mol. The molecule has 0 aliphatic heterocycles. The summed E-state index contributed by atoms with van der Waals surface area (Å²) in [5.74, 6) is 0.382. The number of nitrogens with one attached hydrogen (secondary N) is 1. The van der Waals surface area contributed by atoms with Gasteiger partial charge in [0.15, 0.2) is 5.13 Å². The minimum atomic E-state index is -0.658. The number of nitrogens with two attached hydrogens (primary N) is 1. The average Bonchev–Trinajstić information content (AvgIpc) is 3.20. The van der Waals surface area contributed by atoms with E-state index < -0.39 is 6.04 Å². The van der Waals surface area contributed by atoms with Gasteiger partial charge in [-0.2, -0.15) is 0 Å². The predicted molar refractivity (Wildman–Crippen MR) is 76.1 cm³/mol. The molecule has 0 saturated heterocycles. The predicted octanol–water partition coefficient (Wildman–Crippen LogP) is 2.66. The van der Waals surface area contributed by atoms with Crippen LogP contribution in [-0.2, 0) is 4.79 Å². The van der Waals surface area contributed by atoms with Crippen LogP contribution in [0.5, 0.6) is 0 Å². The van der Waals surface area contributed by atoms with Gasteiger partial charge in [-0.25, -0.2) is 4.98 Å². The molecule has 1 aliphatic rings. The highest BCUT2D eigenvalue weighted by Crippen LogP contribution is 2.40. The van der Waals surface area contributed by atoms with E-state index in [0.29, 0.717) is 11.0 Å². The summed E-state index contributed by atoms with van der Waals surface area (Å²) in [6.45, 7) is 0. The molecule has 1 aliphatic carbocycles. The van der Waals surface area contributed by atoms with Gasteiger partial charge in [0.2, 0.25) is 5.91 Å². The number of hydrogen-bond donors (Lipinski definition) is 2. The summed E-state index contributed by atoms with van der Waals surface area (Å²) in [6, 6.07) is 8.68. The molecule has 0 spiro atoms. The Hall–Kier alpha value is -1.72. The second kappa shape index (κ2) is 5.11. The number of amides is 1. The minimum Gasteiger partial charge on any atom is -0.316 e. The summed E-state index contributed by atoms with van der Waals surface area (Å²) in [5.41, 5.74) is 7.83. The van der Waals surface area contributed by atoms with Crippen LogP contribution in [0.2, 0.25) is 0 Å². The molecule has 1 fully saturated rings. The Balaban J connectivity index is 1.66. The number of aromatic nitrogens is 1. The first-order valence-electron chi connectivity index (χ1n) is 6.31. The van der Waals surface area contributed by atoms with E-state index in [0.717, 1.165) is 11.3 Å². The molecule has 3 N–H and O–H groups in total. The summed E-state index contributed by atoms with van der Waals surface area (Å²) in [7, 11) is 0. The molecule has 98 valence electrons. The van der Waals surface area contributed by atoms with Crippen molar-refractivity contribution in [2.75, 3.05) is 5.32 Å². The van der Waals surface area contributed by atoms with Crippen molar-refractivity contribution in [2.45, 2.75) is 24.8 Å². The Morgan fingerprint density at radius 1 is 1.37 bits per heavy atom. The van der Waals surface area contributed by atoms with E-state index in [4.69, 9.17) is 5.73 Å². The van der Waals surface area contributed by atoms with Gasteiger partial charge >= 0.3 is 0 Å². The van der Waals surface area contributed by atoms with E-state index in [9.17, 15) is 4.79 Å². The fraction of sp³-hybridized carbons (Fsp3) is 0.286. The van der Waals surface area contributed by atoms with Gasteiger partial charge in [0, 0.05) is 11.3 Å². The fourth-order valence-electron chi connectivity index (χ4n) is 1.91. The second-order valence-electron chi connectivity index (χ2n) is 4.73. The molecule has 5 heteroatoms. The summed E-state index contributed by atoms with van der Waals surface area (Å²) in [6.07, 6.45) is 2.42. The Bertz CT molecular complexity index is 577. The molecular formula is C14H15N3OS. The van der Waals surface area contributed by atoms with E-state index >= 15 is 0 Å². The maximum atomic E-state index is 12.0. The highest BCUT2D eigenvalue weighted by molar-refractivity contribution is 7.13. The van der Waals surface area contributed by atoms with Gasteiger partial charge in [-0.1, -0.05) is 30.3 Å². The van der Waals surface area contributed by atoms with Crippen LogP contribution in [0.15, 0.2) is 35.7 Å². The van der Waals surface area contributed by atoms with Gasteiger partial charge in [-0.3, -0.25) is 4.79 Å². The molecule has 0 bridgehead atoms. The number of thiazole rings is 1. The summed E-state index contributed by atoms with van der Waals surface area (Å²) in [4.78, 5) is 16.5. The van der Waals surface area contributed by atoms with Crippen molar-refractivity contribution < 1.29 is 4.79 Å². The van der Waals surface area contributed by atoms with Crippen LogP contribution in [-0.4, -0.2) is 10.9 Å². The topological polar surface area (TPSA) is 68.0 Å².